The lowest BCUT2D eigenvalue weighted by Gasteiger charge is -2.42. The number of halogens is 2. The van der Waals surface area contributed by atoms with E-state index in [2.05, 4.69) is 0 Å². The van der Waals surface area contributed by atoms with Gasteiger partial charge in [0.05, 0.1) is 5.69 Å². The number of amidine groups is 1. The van der Waals surface area contributed by atoms with Crippen LogP contribution in [0.2, 0.25) is 10.0 Å². The number of hydrogen-bond acceptors (Lipinski definition) is 3. The number of carbonyl (C=O) groups is 1. The van der Waals surface area contributed by atoms with Crippen LogP contribution >= 0.6 is 23.2 Å². The summed E-state index contributed by atoms with van der Waals surface area (Å²) in [5, 5.41) is 22.2. The Morgan fingerprint density at radius 2 is 1.64 bits per heavy atom. The van der Waals surface area contributed by atoms with Crippen molar-refractivity contribution >= 4 is 46.3 Å². The van der Waals surface area contributed by atoms with Gasteiger partial charge in [-0.25, -0.2) is 0 Å². The third-order valence-electron chi connectivity index (χ3n) is 7.03. The minimum Gasteiger partial charge on any atom is -0.507 e. The quantitative estimate of drug-likeness (QED) is 0.345. The maximum absolute atomic E-state index is 13.6. The van der Waals surface area contributed by atoms with Crippen LogP contribution in [0.1, 0.15) is 47.4 Å². The summed E-state index contributed by atoms with van der Waals surface area (Å²) in [6.45, 7) is 3.88. The van der Waals surface area contributed by atoms with Crippen LogP contribution in [0.25, 0.3) is 5.76 Å². The largest absolute Gasteiger partial charge is 0.507 e. The summed E-state index contributed by atoms with van der Waals surface area (Å²) >= 11 is 13.2. The molecule has 5 rings (SSSR count). The van der Waals surface area contributed by atoms with Gasteiger partial charge in [-0.3, -0.25) is 15.1 Å². The van der Waals surface area contributed by atoms with Crippen molar-refractivity contribution in [3.63, 3.8) is 0 Å². The van der Waals surface area contributed by atoms with E-state index in [9.17, 15) is 15.3 Å². The van der Waals surface area contributed by atoms with E-state index in [0.29, 0.717) is 51.6 Å². The number of nitrogens with zero attached hydrogens (tertiary/aromatic N) is 1. The van der Waals surface area contributed by atoms with Gasteiger partial charge in [-0.15, -0.1) is 0 Å². The summed E-state index contributed by atoms with van der Waals surface area (Å²) in [6, 6.07) is 20.4. The van der Waals surface area contributed by atoms with Crippen molar-refractivity contribution in [2.24, 2.45) is 0 Å². The number of anilines is 1. The van der Waals surface area contributed by atoms with Gasteiger partial charge in [0.25, 0.3) is 0 Å². The van der Waals surface area contributed by atoms with Gasteiger partial charge in [0.1, 0.15) is 11.6 Å². The molecule has 36 heavy (non-hydrogen) atoms. The summed E-state index contributed by atoms with van der Waals surface area (Å²) in [5.74, 6) is -0.588. The lowest BCUT2D eigenvalue weighted by molar-refractivity contribution is -0.116. The first-order valence-corrected chi connectivity index (χ1v) is 12.7. The molecule has 3 aromatic rings. The highest BCUT2D eigenvalue weighted by atomic mass is 35.5. The van der Waals surface area contributed by atoms with Crippen molar-refractivity contribution in [1.29, 1.82) is 5.41 Å². The third-order valence-corrected chi connectivity index (χ3v) is 7.78. The molecule has 2 aliphatic rings. The topological polar surface area (TPSA) is 64.4 Å². The number of Topliss-reactive ketones (excluding diaryl/α,β-unsaturated/α-hetero) is 1. The first-order chi connectivity index (χ1) is 17.3. The Hall–Kier alpha value is -3.34. The molecule has 0 bridgehead atoms. The predicted molar refractivity (Wildman–Crippen MR) is 147 cm³/mol. The normalized spacial score (nSPS) is 19.4. The number of nitrogens with one attached hydrogen (secondary N) is 1. The van der Waals surface area contributed by atoms with Crippen molar-refractivity contribution in [2.45, 2.75) is 39.0 Å². The van der Waals surface area contributed by atoms with E-state index < -0.39 is 5.92 Å². The van der Waals surface area contributed by atoms with Gasteiger partial charge in [0.15, 0.2) is 5.78 Å². The van der Waals surface area contributed by atoms with Gasteiger partial charge in [-0.1, -0.05) is 77.3 Å². The van der Waals surface area contributed by atoms with Crippen LogP contribution in [-0.2, 0) is 4.79 Å². The Labute approximate surface area is 221 Å². The smallest absolute Gasteiger partial charge is 0.161 e. The maximum Gasteiger partial charge on any atom is 0.161 e. The highest BCUT2D eigenvalue weighted by Gasteiger charge is 2.44. The Kier molecular flexibility index (Phi) is 6.50. The molecule has 4 nitrogen and oxygen atoms in total. The van der Waals surface area contributed by atoms with Gasteiger partial charge in [0.2, 0.25) is 0 Å². The van der Waals surface area contributed by atoms with E-state index in [1.54, 1.807) is 11.0 Å². The molecule has 6 heteroatoms. The van der Waals surface area contributed by atoms with E-state index in [-0.39, 0.29) is 17.4 Å². The lowest BCUT2D eigenvalue weighted by atomic mass is 9.73. The van der Waals surface area contributed by atoms with Crippen LogP contribution in [0.4, 0.5) is 5.69 Å². The molecule has 0 amide bonds. The molecule has 1 unspecified atom stereocenters. The molecule has 1 heterocycles. The zero-order chi connectivity index (χ0) is 25.6. The molecule has 2 N–H and O–H groups in total. The van der Waals surface area contributed by atoms with E-state index in [4.69, 9.17) is 23.2 Å². The highest BCUT2D eigenvalue weighted by molar-refractivity contribution is 6.32. The van der Waals surface area contributed by atoms with Crippen molar-refractivity contribution in [1.82, 2.24) is 0 Å². The molecule has 0 fully saturated rings. The fraction of sp³-hybridized carbons (Fsp3) is 0.200. The molecule has 182 valence electrons. The second-order valence-electron chi connectivity index (χ2n) is 9.29. The van der Waals surface area contributed by atoms with Crippen LogP contribution in [0.15, 0.2) is 83.6 Å². The van der Waals surface area contributed by atoms with Gasteiger partial charge < -0.3 is 5.11 Å². The Balaban J connectivity index is 1.87. The van der Waals surface area contributed by atoms with Crippen molar-refractivity contribution in [2.75, 3.05) is 4.90 Å². The molecule has 0 aromatic heterocycles. The first kappa shape index (κ1) is 24.4. The van der Waals surface area contributed by atoms with E-state index in [1.165, 1.54) is 0 Å². The van der Waals surface area contributed by atoms with Gasteiger partial charge in [-0.2, -0.15) is 0 Å². The number of benzene rings is 3. The maximum atomic E-state index is 13.6. The van der Waals surface area contributed by atoms with Crippen LogP contribution in [0.5, 0.6) is 0 Å². The van der Waals surface area contributed by atoms with Crippen LogP contribution in [0.3, 0.4) is 0 Å². The van der Waals surface area contributed by atoms with Gasteiger partial charge in [0, 0.05) is 44.8 Å². The van der Waals surface area contributed by atoms with Crippen LogP contribution < -0.4 is 4.90 Å². The standard InChI is InChI=1S/C30H26Cl2N2O2/c1-17-13-15-19(16-14-17)29(36)28-26(20-7-3-4-8-22(20)32)27-24(11-6-12-25(27)35)34(30(28)33)23-10-5-9-21(31)18(23)2/h3-5,7-10,13-16,26,33,36H,6,11-12H2,1-2H3/b29-28+,33-30?. The van der Waals surface area contributed by atoms with Gasteiger partial charge >= 0.3 is 0 Å². The molecule has 0 spiro atoms. The number of aliphatic hydroxyl groups excluding tert-OH is 1. The molecular weight excluding hydrogens is 491 g/mol. The van der Waals surface area contributed by atoms with E-state index in [0.717, 1.165) is 22.5 Å². The minimum atomic E-state index is -0.661. The SMILES string of the molecule is Cc1ccc(/C(O)=C2\C(=N)N(c3cccc(Cl)c3C)C3=C(C(=O)CCC3)C2c2ccccc2Cl)cc1. The fourth-order valence-electron chi connectivity index (χ4n) is 5.18. The summed E-state index contributed by atoms with van der Waals surface area (Å²) < 4.78 is 0. The molecule has 0 radical (unpaired) electrons. The molecular formula is C30H26Cl2N2O2. The third kappa shape index (κ3) is 4.04. The molecule has 0 saturated carbocycles. The number of hydrogen-bond donors (Lipinski definition) is 2. The summed E-state index contributed by atoms with van der Waals surface area (Å²) in [5.41, 5.74) is 5.56. The second kappa shape index (κ2) is 9.61. The Morgan fingerprint density at radius 3 is 2.36 bits per heavy atom. The highest BCUT2D eigenvalue weighted by Crippen LogP contribution is 2.49. The van der Waals surface area contributed by atoms with Gasteiger partial charge in [-0.05, 0) is 56.0 Å². The average molecular weight is 517 g/mol. The zero-order valence-corrected chi connectivity index (χ0v) is 21.6. The Morgan fingerprint density at radius 1 is 0.944 bits per heavy atom. The van der Waals surface area contributed by atoms with Crippen molar-refractivity contribution in [3.05, 3.63) is 116 Å². The molecule has 1 aliphatic carbocycles. The van der Waals surface area contributed by atoms with Crippen LogP contribution in [0, 0.1) is 19.3 Å². The van der Waals surface area contributed by atoms with E-state index in [1.807, 2.05) is 74.5 Å². The number of aliphatic hydroxyl groups is 1. The van der Waals surface area contributed by atoms with Crippen molar-refractivity contribution in [3.8, 4) is 0 Å². The zero-order valence-electron chi connectivity index (χ0n) is 20.1. The van der Waals surface area contributed by atoms with Crippen LogP contribution in [-0.4, -0.2) is 16.7 Å². The number of carbonyl (C=O) groups excluding carboxylic acids is 1. The predicted octanol–water partition coefficient (Wildman–Crippen LogP) is 8.17. The Bertz CT molecular complexity index is 1450. The number of allylic oxidation sites excluding steroid dienone is 2. The number of aryl methyl sites for hydroxylation is 1. The fourth-order valence-corrected chi connectivity index (χ4v) is 5.60. The summed E-state index contributed by atoms with van der Waals surface area (Å²) in [7, 11) is 0. The monoisotopic (exact) mass is 516 g/mol. The average Bonchev–Trinajstić information content (AvgIpc) is 2.86. The minimum absolute atomic E-state index is 0.00700. The second-order valence-corrected chi connectivity index (χ2v) is 10.1. The molecule has 0 saturated heterocycles. The summed E-state index contributed by atoms with van der Waals surface area (Å²) in [4.78, 5) is 15.4. The summed E-state index contributed by atoms with van der Waals surface area (Å²) in [6.07, 6.45) is 1.74. The van der Waals surface area contributed by atoms with E-state index >= 15 is 0 Å². The number of ketones is 1. The number of rotatable bonds is 3. The molecule has 1 atom stereocenters. The molecule has 3 aromatic carbocycles. The van der Waals surface area contributed by atoms with Crippen molar-refractivity contribution < 1.29 is 9.90 Å². The lowest BCUT2D eigenvalue weighted by Crippen LogP contribution is -2.42. The molecule has 1 aliphatic heterocycles. The first-order valence-electron chi connectivity index (χ1n) is 11.9.